The zero-order valence-corrected chi connectivity index (χ0v) is 9.49. The SMILES string of the molecule is COc1cc(Cl)cc(/C=N\O)c1OC(C)=O. The van der Waals surface area contributed by atoms with Gasteiger partial charge in [-0.05, 0) is 6.07 Å². The lowest BCUT2D eigenvalue weighted by Gasteiger charge is -2.10. The number of carbonyl (C=O) groups is 1. The number of ether oxygens (including phenoxy) is 2. The third-order valence-electron chi connectivity index (χ3n) is 1.71. The Morgan fingerprint density at radius 1 is 1.56 bits per heavy atom. The molecule has 0 saturated heterocycles. The van der Waals surface area contributed by atoms with Crippen LogP contribution >= 0.6 is 11.6 Å². The molecule has 0 aliphatic rings. The molecular weight excluding hydrogens is 234 g/mol. The first kappa shape index (κ1) is 12.3. The van der Waals surface area contributed by atoms with Gasteiger partial charge < -0.3 is 14.7 Å². The van der Waals surface area contributed by atoms with Crippen LogP contribution in [0.1, 0.15) is 12.5 Å². The molecule has 1 N–H and O–H groups in total. The van der Waals surface area contributed by atoms with Crippen molar-refractivity contribution in [2.24, 2.45) is 5.16 Å². The van der Waals surface area contributed by atoms with E-state index in [4.69, 9.17) is 26.3 Å². The van der Waals surface area contributed by atoms with Crippen molar-refractivity contribution in [3.63, 3.8) is 0 Å². The smallest absolute Gasteiger partial charge is 0.308 e. The number of hydrogen-bond acceptors (Lipinski definition) is 5. The van der Waals surface area contributed by atoms with E-state index in [-0.39, 0.29) is 11.5 Å². The molecule has 0 aromatic heterocycles. The highest BCUT2D eigenvalue weighted by molar-refractivity contribution is 6.31. The number of methoxy groups -OCH3 is 1. The Balaban J connectivity index is 3.32. The molecular formula is C10H10ClNO4. The van der Waals surface area contributed by atoms with E-state index in [0.29, 0.717) is 10.6 Å². The van der Waals surface area contributed by atoms with Gasteiger partial charge in [0.25, 0.3) is 0 Å². The fourth-order valence-corrected chi connectivity index (χ4v) is 1.37. The Bertz CT molecular complexity index is 431. The molecule has 86 valence electrons. The minimum atomic E-state index is -0.506. The predicted molar refractivity (Wildman–Crippen MR) is 58.7 cm³/mol. The molecule has 1 aromatic carbocycles. The number of nitrogens with zero attached hydrogens (tertiary/aromatic N) is 1. The lowest BCUT2D eigenvalue weighted by atomic mass is 10.2. The Morgan fingerprint density at radius 3 is 2.75 bits per heavy atom. The Kier molecular flexibility index (Phi) is 4.13. The van der Waals surface area contributed by atoms with E-state index in [1.165, 1.54) is 26.2 Å². The molecule has 0 unspecified atom stereocenters. The van der Waals surface area contributed by atoms with Crippen molar-refractivity contribution < 1.29 is 19.5 Å². The number of rotatable bonds is 3. The number of benzene rings is 1. The number of carbonyl (C=O) groups excluding carboxylic acids is 1. The van der Waals surface area contributed by atoms with Crippen molar-refractivity contribution >= 4 is 23.8 Å². The zero-order valence-electron chi connectivity index (χ0n) is 8.73. The molecule has 5 nitrogen and oxygen atoms in total. The molecule has 6 heteroatoms. The predicted octanol–water partition coefficient (Wildman–Crippen LogP) is 2.08. The molecule has 0 radical (unpaired) electrons. The van der Waals surface area contributed by atoms with Gasteiger partial charge in [-0.25, -0.2) is 0 Å². The fourth-order valence-electron chi connectivity index (χ4n) is 1.15. The van der Waals surface area contributed by atoms with E-state index in [9.17, 15) is 4.79 Å². The summed E-state index contributed by atoms with van der Waals surface area (Å²) in [6.07, 6.45) is 1.10. The minimum Gasteiger partial charge on any atom is -0.493 e. The van der Waals surface area contributed by atoms with E-state index in [1.54, 1.807) is 0 Å². The highest BCUT2D eigenvalue weighted by Gasteiger charge is 2.13. The second-order valence-electron chi connectivity index (χ2n) is 2.86. The van der Waals surface area contributed by atoms with Crippen LogP contribution in [0.2, 0.25) is 5.02 Å². The van der Waals surface area contributed by atoms with Gasteiger partial charge in [0, 0.05) is 23.6 Å². The van der Waals surface area contributed by atoms with Gasteiger partial charge in [-0.3, -0.25) is 4.79 Å². The summed E-state index contributed by atoms with van der Waals surface area (Å²) in [5, 5.41) is 11.7. The molecule has 0 aliphatic carbocycles. The molecule has 0 aliphatic heterocycles. The maximum absolute atomic E-state index is 10.9. The van der Waals surface area contributed by atoms with Gasteiger partial charge in [0.2, 0.25) is 0 Å². The van der Waals surface area contributed by atoms with E-state index in [2.05, 4.69) is 5.16 Å². The molecule has 16 heavy (non-hydrogen) atoms. The summed E-state index contributed by atoms with van der Waals surface area (Å²) in [5.74, 6) is -0.0528. The number of halogens is 1. The summed E-state index contributed by atoms with van der Waals surface area (Å²) >= 11 is 5.81. The molecule has 0 amide bonds. The molecule has 0 fully saturated rings. The van der Waals surface area contributed by atoms with Crippen LogP contribution in [0.5, 0.6) is 11.5 Å². The molecule has 0 saturated carbocycles. The van der Waals surface area contributed by atoms with Crippen LogP contribution in [0.15, 0.2) is 17.3 Å². The van der Waals surface area contributed by atoms with Gasteiger partial charge >= 0.3 is 5.97 Å². The first-order valence-electron chi connectivity index (χ1n) is 4.32. The first-order valence-corrected chi connectivity index (χ1v) is 4.69. The molecule has 1 rings (SSSR count). The van der Waals surface area contributed by atoms with Crippen LogP contribution in [0.25, 0.3) is 0 Å². The first-order chi connectivity index (χ1) is 7.58. The third-order valence-corrected chi connectivity index (χ3v) is 1.93. The molecule has 0 bridgehead atoms. The van der Waals surface area contributed by atoms with E-state index in [0.717, 1.165) is 6.21 Å². The Morgan fingerprint density at radius 2 is 2.25 bits per heavy atom. The van der Waals surface area contributed by atoms with Gasteiger partial charge in [-0.15, -0.1) is 0 Å². The second kappa shape index (κ2) is 5.37. The van der Waals surface area contributed by atoms with Gasteiger partial charge in [-0.2, -0.15) is 0 Å². The summed E-state index contributed by atoms with van der Waals surface area (Å²) in [5.41, 5.74) is 0.349. The van der Waals surface area contributed by atoms with E-state index < -0.39 is 5.97 Å². The van der Waals surface area contributed by atoms with E-state index >= 15 is 0 Å². The highest BCUT2D eigenvalue weighted by Crippen LogP contribution is 2.33. The molecule has 1 aromatic rings. The summed E-state index contributed by atoms with van der Waals surface area (Å²) in [6, 6.07) is 2.98. The number of oxime groups is 1. The summed E-state index contributed by atoms with van der Waals surface area (Å²) in [6.45, 7) is 1.26. The van der Waals surface area contributed by atoms with Crippen LogP contribution in [0.3, 0.4) is 0 Å². The van der Waals surface area contributed by atoms with Crippen LogP contribution in [0.4, 0.5) is 0 Å². The van der Waals surface area contributed by atoms with Crippen molar-refractivity contribution in [2.75, 3.05) is 7.11 Å². The summed E-state index contributed by atoms with van der Waals surface area (Å²) < 4.78 is 9.96. The Hall–Kier alpha value is -1.75. The van der Waals surface area contributed by atoms with Gasteiger partial charge in [0.1, 0.15) is 0 Å². The van der Waals surface area contributed by atoms with Gasteiger partial charge in [-0.1, -0.05) is 16.8 Å². The van der Waals surface area contributed by atoms with Crippen LogP contribution < -0.4 is 9.47 Å². The average Bonchev–Trinajstić information content (AvgIpc) is 2.21. The summed E-state index contributed by atoms with van der Waals surface area (Å²) in [4.78, 5) is 10.9. The van der Waals surface area contributed by atoms with E-state index in [1.807, 2.05) is 0 Å². The fraction of sp³-hybridized carbons (Fsp3) is 0.200. The monoisotopic (exact) mass is 243 g/mol. The third kappa shape index (κ3) is 2.87. The largest absolute Gasteiger partial charge is 0.493 e. The molecule has 0 spiro atoms. The van der Waals surface area contributed by atoms with Crippen molar-refractivity contribution in [3.05, 3.63) is 22.7 Å². The Labute approximate surface area is 97.2 Å². The van der Waals surface area contributed by atoms with Crippen LogP contribution in [-0.2, 0) is 4.79 Å². The number of esters is 1. The second-order valence-corrected chi connectivity index (χ2v) is 3.30. The quantitative estimate of drug-likeness (QED) is 0.290. The van der Waals surface area contributed by atoms with Crippen molar-refractivity contribution in [2.45, 2.75) is 6.92 Å². The number of hydrogen-bond donors (Lipinski definition) is 1. The normalized spacial score (nSPS) is 10.4. The lowest BCUT2D eigenvalue weighted by molar-refractivity contribution is -0.132. The van der Waals surface area contributed by atoms with Crippen molar-refractivity contribution in [3.8, 4) is 11.5 Å². The summed E-state index contributed by atoms with van der Waals surface area (Å²) in [7, 11) is 1.42. The van der Waals surface area contributed by atoms with Crippen LogP contribution in [0, 0.1) is 0 Å². The van der Waals surface area contributed by atoms with Crippen molar-refractivity contribution in [1.82, 2.24) is 0 Å². The average molecular weight is 244 g/mol. The maximum Gasteiger partial charge on any atom is 0.308 e. The minimum absolute atomic E-state index is 0.164. The lowest BCUT2D eigenvalue weighted by Crippen LogP contribution is -2.05. The molecule has 0 atom stereocenters. The van der Waals surface area contributed by atoms with Crippen molar-refractivity contribution in [1.29, 1.82) is 0 Å². The standard InChI is InChI=1S/C10H10ClNO4/c1-6(13)16-10-7(5-12-14)3-8(11)4-9(10)15-2/h3-5,14H,1-2H3/b12-5-. The molecule has 0 heterocycles. The van der Waals surface area contributed by atoms with Gasteiger partial charge in [0.05, 0.1) is 13.3 Å². The topological polar surface area (TPSA) is 68.1 Å². The van der Waals surface area contributed by atoms with Crippen LogP contribution in [-0.4, -0.2) is 24.5 Å². The highest BCUT2D eigenvalue weighted by atomic mass is 35.5. The van der Waals surface area contributed by atoms with Gasteiger partial charge in [0.15, 0.2) is 11.5 Å². The maximum atomic E-state index is 10.9. The zero-order chi connectivity index (χ0) is 12.1.